The molecule has 2 N–H and O–H groups in total. The number of nitrogens with two attached hydrogens (primary N) is 1. The zero-order valence-electron chi connectivity index (χ0n) is 11.5. The van der Waals surface area contributed by atoms with Crippen molar-refractivity contribution < 1.29 is 4.63 Å². The molecule has 1 aromatic carbocycles. The summed E-state index contributed by atoms with van der Waals surface area (Å²) in [6, 6.07) is 5.97. The van der Waals surface area contributed by atoms with Crippen molar-refractivity contribution in [3.05, 3.63) is 22.7 Å². The number of aromatic nitrogens is 4. The average Bonchev–Trinajstić information content (AvgIpc) is 3.16. The van der Waals surface area contributed by atoms with Gasteiger partial charge in [-0.3, -0.25) is 0 Å². The molecular formula is C14H11ClN6O. The van der Waals surface area contributed by atoms with Crippen molar-refractivity contribution >= 4 is 28.5 Å². The Kier molecular flexibility index (Phi) is 2.81. The lowest BCUT2D eigenvalue weighted by atomic mass is 10.1. The largest absolute Gasteiger partial charge is 0.379 e. The molecule has 4 rings (SSSR count). The minimum absolute atomic E-state index is 0.129. The Labute approximate surface area is 130 Å². The molecule has 110 valence electrons. The standard InChI is InChI=1S/C14H11ClN6O/c15-9-6-10-11(5-8(9)7-1-2-7)21(4-3-16)14(18-10)12-13(17)20-22-19-12/h5-7H,1-2,4H2,(H2,17,20). The Morgan fingerprint density at radius 2 is 2.23 bits per heavy atom. The molecule has 1 fully saturated rings. The Bertz CT molecular complexity index is 917. The van der Waals surface area contributed by atoms with Gasteiger partial charge in [0, 0.05) is 5.02 Å². The summed E-state index contributed by atoms with van der Waals surface area (Å²) in [7, 11) is 0. The van der Waals surface area contributed by atoms with Gasteiger partial charge in [0.15, 0.2) is 17.3 Å². The quantitative estimate of drug-likeness (QED) is 0.796. The van der Waals surface area contributed by atoms with Crippen molar-refractivity contribution in [2.45, 2.75) is 25.3 Å². The van der Waals surface area contributed by atoms with Gasteiger partial charge in [0.1, 0.15) is 6.54 Å². The molecule has 3 aromatic rings. The normalized spacial score (nSPS) is 14.4. The van der Waals surface area contributed by atoms with E-state index in [0.717, 1.165) is 23.9 Å². The summed E-state index contributed by atoms with van der Waals surface area (Å²) in [6.45, 7) is 0.129. The number of rotatable bonds is 3. The van der Waals surface area contributed by atoms with Gasteiger partial charge in [0.05, 0.1) is 17.1 Å². The lowest BCUT2D eigenvalue weighted by molar-refractivity contribution is 0.310. The number of anilines is 1. The maximum absolute atomic E-state index is 9.12. The molecular weight excluding hydrogens is 304 g/mol. The number of benzene rings is 1. The van der Waals surface area contributed by atoms with E-state index in [1.54, 1.807) is 4.57 Å². The van der Waals surface area contributed by atoms with Crippen LogP contribution in [-0.2, 0) is 6.54 Å². The zero-order valence-corrected chi connectivity index (χ0v) is 12.2. The van der Waals surface area contributed by atoms with Crippen molar-refractivity contribution in [1.82, 2.24) is 19.9 Å². The van der Waals surface area contributed by atoms with Crippen LogP contribution in [0.25, 0.3) is 22.6 Å². The first kappa shape index (κ1) is 13.1. The number of nitriles is 1. The first-order valence-electron chi connectivity index (χ1n) is 6.84. The van der Waals surface area contributed by atoms with Crippen LogP contribution in [0.5, 0.6) is 0 Å². The van der Waals surface area contributed by atoms with Gasteiger partial charge in [-0.05, 0) is 46.8 Å². The van der Waals surface area contributed by atoms with E-state index in [1.807, 2.05) is 12.1 Å². The molecule has 7 nitrogen and oxygen atoms in total. The van der Waals surface area contributed by atoms with Gasteiger partial charge in [-0.25, -0.2) is 9.61 Å². The monoisotopic (exact) mass is 314 g/mol. The maximum atomic E-state index is 9.12. The third-order valence-electron chi connectivity index (χ3n) is 3.84. The lowest BCUT2D eigenvalue weighted by Crippen LogP contribution is -2.01. The van der Waals surface area contributed by atoms with Crippen molar-refractivity contribution in [1.29, 1.82) is 5.26 Å². The van der Waals surface area contributed by atoms with Crippen LogP contribution in [0.4, 0.5) is 5.82 Å². The molecule has 1 aliphatic carbocycles. The number of fused-ring (bicyclic) bond motifs is 1. The van der Waals surface area contributed by atoms with Crippen LogP contribution in [0.1, 0.15) is 24.3 Å². The van der Waals surface area contributed by atoms with Gasteiger partial charge in [-0.15, -0.1) is 0 Å². The number of nitrogens with zero attached hydrogens (tertiary/aromatic N) is 5. The minimum Gasteiger partial charge on any atom is -0.379 e. The Morgan fingerprint density at radius 3 is 2.86 bits per heavy atom. The third-order valence-corrected chi connectivity index (χ3v) is 4.17. The molecule has 22 heavy (non-hydrogen) atoms. The number of imidazole rings is 1. The molecule has 1 saturated carbocycles. The predicted molar refractivity (Wildman–Crippen MR) is 80.0 cm³/mol. The van der Waals surface area contributed by atoms with Gasteiger partial charge in [-0.1, -0.05) is 11.6 Å². The van der Waals surface area contributed by atoms with Crippen LogP contribution >= 0.6 is 11.6 Å². The van der Waals surface area contributed by atoms with Crippen molar-refractivity contribution in [3.63, 3.8) is 0 Å². The van der Waals surface area contributed by atoms with Crippen LogP contribution < -0.4 is 5.73 Å². The highest BCUT2D eigenvalue weighted by Crippen LogP contribution is 2.44. The van der Waals surface area contributed by atoms with Crippen molar-refractivity contribution in [2.75, 3.05) is 5.73 Å². The van der Waals surface area contributed by atoms with E-state index in [4.69, 9.17) is 22.6 Å². The predicted octanol–water partition coefficient (Wildman–Crippen LogP) is 2.72. The maximum Gasteiger partial charge on any atom is 0.199 e. The molecule has 0 aliphatic heterocycles. The fourth-order valence-corrected chi connectivity index (χ4v) is 2.94. The number of halogens is 1. The highest BCUT2D eigenvalue weighted by Gasteiger charge is 2.28. The van der Waals surface area contributed by atoms with Crippen LogP contribution in [0.2, 0.25) is 5.02 Å². The van der Waals surface area contributed by atoms with Crippen LogP contribution in [0, 0.1) is 11.3 Å². The fraction of sp³-hybridized carbons (Fsp3) is 0.286. The molecule has 0 unspecified atom stereocenters. The summed E-state index contributed by atoms with van der Waals surface area (Å²) in [5.74, 6) is 1.10. The Morgan fingerprint density at radius 1 is 1.41 bits per heavy atom. The lowest BCUT2D eigenvalue weighted by Gasteiger charge is -2.05. The summed E-state index contributed by atoms with van der Waals surface area (Å²) >= 11 is 6.35. The summed E-state index contributed by atoms with van der Waals surface area (Å²) in [5, 5.41) is 17.2. The highest BCUT2D eigenvalue weighted by molar-refractivity contribution is 6.32. The fourth-order valence-electron chi connectivity index (χ4n) is 2.63. The van der Waals surface area contributed by atoms with Crippen LogP contribution in [0.15, 0.2) is 16.8 Å². The van der Waals surface area contributed by atoms with E-state index in [9.17, 15) is 0 Å². The topological polar surface area (TPSA) is 107 Å². The number of hydrogen-bond donors (Lipinski definition) is 1. The summed E-state index contributed by atoms with van der Waals surface area (Å²) < 4.78 is 6.39. The van der Waals surface area contributed by atoms with Crippen LogP contribution in [0.3, 0.4) is 0 Å². The molecule has 1 aliphatic rings. The van der Waals surface area contributed by atoms with Gasteiger partial charge in [0.25, 0.3) is 0 Å². The van der Waals surface area contributed by atoms with E-state index in [-0.39, 0.29) is 12.4 Å². The number of nitrogen functional groups attached to an aromatic ring is 1. The van der Waals surface area contributed by atoms with Gasteiger partial charge >= 0.3 is 0 Å². The Hall–Kier alpha value is -2.59. The van der Waals surface area contributed by atoms with E-state index in [0.29, 0.717) is 28.0 Å². The summed E-state index contributed by atoms with van der Waals surface area (Å²) in [6.07, 6.45) is 2.29. The van der Waals surface area contributed by atoms with Crippen molar-refractivity contribution in [3.8, 4) is 17.6 Å². The molecule has 0 spiro atoms. The second-order valence-electron chi connectivity index (χ2n) is 5.31. The third kappa shape index (κ3) is 1.92. The van der Waals surface area contributed by atoms with Gasteiger partial charge < -0.3 is 10.3 Å². The molecule has 0 radical (unpaired) electrons. The van der Waals surface area contributed by atoms with E-state index < -0.39 is 0 Å². The molecule has 0 bridgehead atoms. The molecule has 0 saturated heterocycles. The Balaban J connectivity index is 1.99. The van der Waals surface area contributed by atoms with Crippen molar-refractivity contribution in [2.24, 2.45) is 0 Å². The SMILES string of the molecule is N#CCn1c(-c2nonc2N)nc2cc(Cl)c(C3CC3)cc21. The molecule has 0 atom stereocenters. The van der Waals surface area contributed by atoms with Gasteiger partial charge in [0.2, 0.25) is 0 Å². The minimum atomic E-state index is 0.129. The molecule has 0 amide bonds. The van der Waals surface area contributed by atoms with Gasteiger partial charge in [-0.2, -0.15) is 5.26 Å². The summed E-state index contributed by atoms with van der Waals surface area (Å²) in [5.41, 5.74) is 8.71. The van der Waals surface area contributed by atoms with Crippen LogP contribution in [-0.4, -0.2) is 19.9 Å². The first-order valence-corrected chi connectivity index (χ1v) is 7.22. The van der Waals surface area contributed by atoms with E-state index >= 15 is 0 Å². The second-order valence-corrected chi connectivity index (χ2v) is 5.72. The molecule has 2 heterocycles. The van der Waals surface area contributed by atoms with E-state index in [1.165, 1.54) is 0 Å². The second kappa shape index (κ2) is 4.71. The zero-order chi connectivity index (χ0) is 15.3. The smallest absolute Gasteiger partial charge is 0.199 e. The molecule has 2 aromatic heterocycles. The highest BCUT2D eigenvalue weighted by atomic mass is 35.5. The number of hydrogen-bond acceptors (Lipinski definition) is 6. The average molecular weight is 315 g/mol. The first-order chi connectivity index (χ1) is 10.7. The molecule has 8 heteroatoms. The summed E-state index contributed by atoms with van der Waals surface area (Å²) in [4.78, 5) is 4.50. The van der Waals surface area contributed by atoms with E-state index in [2.05, 4.69) is 26.0 Å².